The highest BCUT2D eigenvalue weighted by Gasteiger charge is 2.26. The lowest BCUT2D eigenvalue weighted by Crippen LogP contribution is -2.45. The maximum absolute atomic E-state index is 13.0. The van der Waals surface area contributed by atoms with Gasteiger partial charge >= 0.3 is 6.55 Å². The fraction of sp³-hybridized carbons (Fsp3) is 0.400. The van der Waals surface area contributed by atoms with Gasteiger partial charge in [-0.3, -0.25) is 9.47 Å². The highest BCUT2D eigenvalue weighted by Crippen LogP contribution is 2.26. The average Bonchev–Trinajstić information content (AvgIpc) is 2.96. The molecule has 1 aliphatic rings. The first kappa shape index (κ1) is 21.1. The van der Waals surface area contributed by atoms with Crippen LogP contribution in [-0.4, -0.2) is 34.1 Å². The predicted octanol–water partition coefficient (Wildman–Crippen LogP) is 3.92. The third kappa shape index (κ3) is 4.80. The molecule has 1 aromatic carbocycles. The van der Waals surface area contributed by atoms with Gasteiger partial charge in [0.25, 0.3) is 0 Å². The first-order valence-corrected chi connectivity index (χ1v) is 7.53. The molecule has 1 atom stereocenters. The van der Waals surface area contributed by atoms with Crippen molar-refractivity contribution in [1.82, 2.24) is 19.8 Å². The van der Waals surface area contributed by atoms with Crippen molar-refractivity contribution in [2.75, 3.05) is 19.6 Å². The summed E-state index contributed by atoms with van der Waals surface area (Å²) in [4.78, 5) is 6.23. The van der Waals surface area contributed by atoms with E-state index in [1.165, 1.54) is 12.4 Å². The lowest BCUT2D eigenvalue weighted by atomic mass is 10.0. The van der Waals surface area contributed by atoms with Crippen molar-refractivity contribution in [3.05, 3.63) is 53.1 Å². The van der Waals surface area contributed by atoms with E-state index < -0.39 is 6.55 Å². The van der Waals surface area contributed by atoms with Crippen LogP contribution in [0, 0.1) is 0 Å². The van der Waals surface area contributed by atoms with Crippen LogP contribution in [0.25, 0.3) is 0 Å². The normalized spacial score (nSPS) is 18.1. The van der Waals surface area contributed by atoms with Gasteiger partial charge in [0.05, 0.1) is 6.54 Å². The molecule has 0 saturated carbocycles. The van der Waals surface area contributed by atoms with E-state index in [0.717, 1.165) is 29.8 Å². The third-order valence-corrected chi connectivity index (χ3v) is 4.13. The van der Waals surface area contributed by atoms with Crippen molar-refractivity contribution in [2.24, 2.45) is 0 Å². The average molecular weight is 400 g/mol. The van der Waals surface area contributed by atoms with E-state index >= 15 is 0 Å². The number of halogens is 5. The summed E-state index contributed by atoms with van der Waals surface area (Å²) in [6.07, 6.45) is 2.73. The van der Waals surface area contributed by atoms with Gasteiger partial charge in [0.15, 0.2) is 0 Å². The minimum absolute atomic E-state index is 0. The second-order valence-corrected chi connectivity index (χ2v) is 5.71. The standard InChI is InChI=1S/C15H17ClF2N4.2ClH/c16-12-3-1-2-11(8-12)13-9-19-4-6-21(13)10-14-20-5-7-22(14)15(17)18;;/h1-3,5,7-8,13,15,19H,4,6,9-10H2;2*1H. The molecule has 4 nitrogen and oxygen atoms in total. The van der Waals surface area contributed by atoms with E-state index in [9.17, 15) is 8.78 Å². The highest BCUT2D eigenvalue weighted by molar-refractivity contribution is 6.30. The van der Waals surface area contributed by atoms with Gasteiger partial charge in [-0.2, -0.15) is 8.78 Å². The second-order valence-electron chi connectivity index (χ2n) is 5.27. The first-order valence-electron chi connectivity index (χ1n) is 7.15. The Balaban J connectivity index is 0.00000144. The molecule has 0 radical (unpaired) electrons. The molecular formula is C15H19Cl3F2N4. The maximum Gasteiger partial charge on any atom is 0.319 e. The van der Waals surface area contributed by atoms with Crippen molar-refractivity contribution in [3.63, 3.8) is 0 Å². The van der Waals surface area contributed by atoms with Crippen LogP contribution >= 0.6 is 36.4 Å². The van der Waals surface area contributed by atoms with Gasteiger partial charge in [-0.05, 0) is 17.7 Å². The zero-order valence-electron chi connectivity index (χ0n) is 12.7. The summed E-state index contributed by atoms with van der Waals surface area (Å²) in [5.41, 5.74) is 1.08. The van der Waals surface area contributed by atoms with Gasteiger partial charge in [-0.1, -0.05) is 23.7 Å². The van der Waals surface area contributed by atoms with Gasteiger partial charge < -0.3 is 5.32 Å². The Morgan fingerprint density at radius 1 is 1.33 bits per heavy atom. The van der Waals surface area contributed by atoms with Crippen molar-refractivity contribution in [3.8, 4) is 0 Å². The quantitative estimate of drug-likeness (QED) is 0.846. The largest absolute Gasteiger partial charge is 0.319 e. The lowest BCUT2D eigenvalue weighted by molar-refractivity contribution is 0.0605. The summed E-state index contributed by atoms with van der Waals surface area (Å²) in [6.45, 7) is 0.177. The molecule has 134 valence electrons. The number of piperazine rings is 1. The molecule has 9 heteroatoms. The van der Waals surface area contributed by atoms with Crippen LogP contribution in [-0.2, 0) is 6.54 Å². The van der Waals surface area contributed by atoms with E-state index in [-0.39, 0.29) is 30.9 Å². The maximum atomic E-state index is 13.0. The number of benzene rings is 1. The molecule has 2 aromatic rings. The zero-order valence-corrected chi connectivity index (χ0v) is 15.1. The topological polar surface area (TPSA) is 33.1 Å². The molecule has 0 aliphatic carbocycles. The molecule has 0 spiro atoms. The van der Waals surface area contributed by atoms with Gasteiger partial charge in [-0.25, -0.2) is 4.98 Å². The minimum atomic E-state index is -2.56. The third-order valence-electron chi connectivity index (χ3n) is 3.89. The van der Waals surface area contributed by atoms with Crippen molar-refractivity contribution in [2.45, 2.75) is 19.1 Å². The van der Waals surface area contributed by atoms with Crippen molar-refractivity contribution < 1.29 is 8.78 Å². The fourth-order valence-electron chi connectivity index (χ4n) is 2.80. The molecule has 0 amide bonds. The van der Waals surface area contributed by atoms with Gasteiger partial charge in [0, 0.05) is 43.1 Å². The number of hydrogen-bond acceptors (Lipinski definition) is 3. The lowest BCUT2D eigenvalue weighted by Gasteiger charge is -2.36. The van der Waals surface area contributed by atoms with Crippen LogP contribution in [0.4, 0.5) is 8.78 Å². The number of nitrogens with zero attached hydrogens (tertiary/aromatic N) is 3. The SMILES string of the molecule is Cl.Cl.FC(F)n1ccnc1CN1CCNCC1c1cccc(Cl)c1. The van der Waals surface area contributed by atoms with Gasteiger partial charge in [-0.15, -0.1) is 24.8 Å². The summed E-state index contributed by atoms with van der Waals surface area (Å²) >= 11 is 6.07. The molecule has 1 fully saturated rings. The Bertz CT molecular complexity index is 639. The fourth-order valence-corrected chi connectivity index (χ4v) is 3.00. The number of imidazole rings is 1. The number of aromatic nitrogens is 2. The van der Waals surface area contributed by atoms with Crippen LogP contribution in [0.5, 0.6) is 0 Å². The van der Waals surface area contributed by atoms with E-state index in [1.54, 1.807) is 0 Å². The minimum Gasteiger partial charge on any atom is -0.314 e. The summed E-state index contributed by atoms with van der Waals surface area (Å²) in [6, 6.07) is 7.76. The van der Waals surface area contributed by atoms with Gasteiger partial charge in [0.2, 0.25) is 0 Å². The van der Waals surface area contributed by atoms with Crippen molar-refractivity contribution >= 4 is 36.4 Å². The smallest absolute Gasteiger partial charge is 0.314 e. The monoisotopic (exact) mass is 398 g/mol. The van der Waals surface area contributed by atoms with E-state index in [4.69, 9.17) is 11.6 Å². The van der Waals surface area contributed by atoms with Crippen molar-refractivity contribution in [1.29, 1.82) is 0 Å². The molecule has 24 heavy (non-hydrogen) atoms. The number of rotatable bonds is 4. The molecule has 1 aromatic heterocycles. The molecule has 0 bridgehead atoms. The molecular weight excluding hydrogens is 381 g/mol. The number of hydrogen-bond donors (Lipinski definition) is 1. The van der Waals surface area contributed by atoms with E-state index in [2.05, 4.69) is 15.2 Å². The Morgan fingerprint density at radius 2 is 2.12 bits per heavy atom. The van der Waals surface area contributed by atoms with E-state index in [1.807, 2.05) is 24.3 Å². The zero-order chi connectivity index (χ0) is 15.5. The molecule has 1 saturated heterocycles. The number of alkyl halides is 2. The predicted molar refractivity (Wildman–Crippen MR) is 95.4 cm³/mol. The molecule has 1 N–H and O–H groups in total. The first-order chi connectivity index (χ1) is 10.6. The molecule has 3 rings (SSSR count). The summed E-state index contributed by atoms with van der Waals surface area (Å²) in [5.74, 6) is 0.379. The molecule has 2 heterocycles. The van der Waals surface area contributed by atoms with E-state index in [0.29, 0.717) is 17.4 Å². The molecule has 1 unspecified atom stereocenters. The Morgan fingerprint density at radius 3 is 2.83 bits per heavy atom. The van der Waals surface area contributed by atoms with Crippen LogP contribution < -0.4 is 5.32 Å². The van der Waals surface area contributed by atoms with Crippen LogP contribution in [0.1, 0.15) is 24.0 Å². The summed E-state index contributed by atoms with van der Waals surface area (Å²) < 4.78 is 26.8. The van der Waals surface area contributed by atoms with Gasteiger partial charge in [0.1, 0.15) is 5.82 Å². The highest BCUT2D eigenvalue weighted by atomic mass is 35.5. The van der Waals surface area contributed by atoms with Crippen LogP contribution in [0.15, 0.2) is 36.7 Å². The Hall–Kier alpha value is -0.920. The number of nitrogens with one attached hydrogen (secondary N) is 1. The second kappa shape index (κ2) is 9.53. The Labute approximate surface area is 157 Å². The summed E-state index contributed by atoms with van der Waals surface area (Å²) in [7, 11) is 0. The van der Waals surface area contributed by atoms with Crippen LogP contribution in [0.2, 0.25) is 5.02 Å². The Kier molecular flexibility index (Phi) is 8.39. The molecule has 1 aliphatic heterocycles. The van der Waals surface area contributed by atoms with Crippen LogP contribution in [0.3, 0.4) is 0 Å². The summed E-state index contributed by atoms with van der Waals surface area (Å²) in [5, 5.41) is 4.02.